The van der Waals surface area contributed by atoms with Crippen molar-refractivity contribution in [3.8, 4) is 11.3 Å². The normalized spacial score (nSPS) is 15.9. The topological polar surface area (TPSA) is 58.4 Å². The number of oxazole rings is 1. The van der Waals surface area contributed by atoms with Gasteiger partial charge in [-0.05, 0) is 37.9 Å². The molecule has 3 rings (SSSR count). The van der Waals surface area contributed by atoms with Gasteiger partial charge in [-0.3, -0.25) is 4.79 Å². The molecule has 6 heteroatoms. The summed E-state index contributed by atoms with van der Waals surface area (Å²) in [6.45, 7) is 5.49. The molecule has 0 unspecified atom stereocenters. The Labute approximate surface area is 159 Å². The Morgan fingerprint density at radius 1 is 1.35 bits per heavy atom. The van der Waals surface area contributed by atoms with Gasteiger partial charge in [0.05, 0.1) is 11.2 Å². The molecule has 1 aliphatic heterocycles. The number of halogens is 1. The van der Waals surface area contributed by atoms with Crippen molar-refractivity contribution in [2.24, 2.45) is 0 Å². The van der Waals surface area contributed by atoms with Crippen molar-refractivity contribution in [3.05, 3.63) is 41.4 Å². The molecule has 1 aromatic carbocycles. The molecule has 1 fully saturated rings. The summed E-state index contributed by atoms with van der Waals surface area (Å²) in [5.74, 6) is 1.26. The van der Waals surface area contributed by atoms with E-state index in [0.29, 0.717) is 35.6 Å². The van der Waals surface area contributed by atoms with E-state index in [4.69, 9.17) is 16.0 Å². The molecule has 2 heterocycles. The number of piperidine rings is 1. The molecule has 0 aliphatic carbocycles. The van der Waals surface area contributed by atoms with Crippen LogP contribution in [0.3, 0.4) is 0 Å². The molecule has 1 saturated heterocycles. The monoisotopic (exact) mass is 375 g/mol. The van der Waals surface area contributed by atoms with Crippen LogP contribution in [0.1, 0.15) is 38.5 Å². The fraction of sp³-hybridized carbons (Fsp3) is 0.500. The summed E-state index contributed by atoms with van der Waals surface area (Å²) in [7, 11) is 0. The number of nitrogens with zero attached hydrogens (tertiary/aromatic N) is 2. The van der Waals surface area contributed by atoms with Gasteiger partial charge >= 0.3 is 0 Å². The molecule has 2 aromatic rings. The lowest BCUT2D eigenvalue weighted by atomic mass is 10.0. The first-order valence-corrected chi connectivity index (χ1v) is 9.75. The maximum absolute atomic E-state index is 12.2. The Morgan fingerprint density at radius 3 is 2.85 bits per heavy atom. The number of hydrogen-bond donors (Lipinski definition) is 1. The van der Waals surface area contributed by atoms with Crippen molar-refractivity contribution >= 4 is 17.5 Å². The minimum atomic E-state index is 0.0661. The summed E-state index contributed by atoms with van der Waals surface area (Å²) < 4.78 is 5.75. The van der Waals surface area contributed by atoms with Crippen LogP contribution in [-0.4, -0.2) is 41.5 Å². The Kier molecular flexibility index (Phi) is 6.69. The van der Waals surface area contributed by atoms with Gasteiger partial charge in [-0.15, -0.1) is 0 Å². The molecule has 0 spiro atoms. The van der Waals surface area contributed by atoms with Crippen molar-refractivity contribution in [2.45, 2.75) is 45.1 Å². The van der Waals surface area contributed by atoms with E-state index in [2.05, 4.69) is 22.1 Å². The van der Waals surface area contributed by atoms with Crippen molar-refractivity contribution in [3.63, 3.8) is 0 Å². The first-order valence-electron chi connectivity index (χ1n) is 9.37. The third kappa shape index (κ3) is 5.08. The minimum Gasteiger partial charge on any atom is -0.441 e. The summed E-state index contributed by atoms with van der Waals surface area (Å²) in [5, 5.41) is 3.77. The van der Waals surface area contributed by atoms with E-state index in [1.807, 2.05) is 24.3 Å². The smallest absolute Gasteiger partial charge is 0.220 e. The van der Waals surface area contributed by atoms with E-state index < -0.39 is 0 Å². The molecule has 26 heavy (non-hydrogen) atoms. The van der Waals surface area contributed by atoms with Crippen molar-refractivity contribution < 1.29 is 9.21 Å². The van der Waals surface area contributed by atoms with Crippen LogP contribution in [0.25, 0.3) is 11.3 Å². The van der Waals surface area contributed by atoms with Gasteiger partial charge in [0.2, 0.25) is 5.91 Å². The first kappa shape index (κ1) is 18.9. The number of amides is 1. The van der Waals surface area contributed by atoms with Crippen LogP contribution < -0.4 is 5.32 Å². The fourth-order valence-electron chi connectivity index (χ4n) is 3.35. The number of hydrogen-bond acceptors (Lipinski definition) is 4. The Balaban J connectivity index is 1.45. The standard InChI is InChI=1S/C20H26ClN3O2/c1-2-11-24-12-9-15(10-13-24)23-19(25)7-8-20-22-14-18(26-20)16-5-3-4-6-17(16)21/h3-6,14-15H,2,7-13H2,1H3,(H,23,25). The minimum absolute atomic E-state index is 0.0661. The molecule has 1 N–H and O–H groups in total. The lowest BCUT2D eigenvalue weighted by Crippen LogP contribution is -2.44. The zero-order chi connectivity index (χ0) is 18.4. The van der Waals surface area contributed by atoms with Crippen LogP contribution in [0.2, 0.25) is 5.02 Å². The molecule has 1 aromatic heterocycles. The summed E-state index contributed by atoms with van der Waals surface area (Å²) in [4.78, 5) is 18.9. The zero-order valence-electron chi connectivity index (χ0n) is 15.2. The Morgan fingerprint density at radius 2 is 2.12 bits per heavy atom. The van der Waals surface area contributed by atoms with E-state index in [1.54, 1.807) is 6.20 Å². The number of rotatable bonds is 7. The van der Waals surface area contributed by atoms with Crippen molar-refractivity contribution in [1.29, 1.82) is 0 Å². The van der Waals surface area contributed by atoms with E-state index in [0.717, 1.165) is 38.0 Å². The number of carbonyl (C=O) groups is 1. The van der Waals surface area contributed by atoms with Crippen LogP contribution in [0.4, 0.5) is 0 Å². The van der Waals surface area contributed by atoms with Crippen molar-refractivity contribution in [2.75, 3.05) is 19.6 Å². The van der Waals surface area contributed by atoms with E-state index in [1.165, 1.54) is 6.42 Å². The van der Waals surface area contributed by atoms with Gasteiger partial charge in [0, 0.05) is 37.5 Å². The number of aryl methyl sites for hydroxylation is 1. The Bertz CT molecular complexity index is 723. The largest absolute Gasteiger partial charge is 0.441 e. The number of benzene rings is 1. The molecule has 0 atom stereocenters. The highest BCUT2D eigenvalue weighted by Gasteiger charge is 2.20. The average Bonchev–Trinajstić information content (AvgIpc) is 3.11. The molecule has 5 nitrogen and oxygen atoms in total. The molecule has 0 radical (unpaired) electrons. The van der Waals surface area contributed by atoms with Crippen molar-refractivity contribution in [1.82, 2.24) is 15.2 Å². The highest BCUT2D eigenvalue weighted by atomic mass is 35.5. The predicted octanol–water partition coefficient (Wildman–Crippen LogP) is 3.92. The quantitative estimate of drug-likeness (QED) is 0.796. The van der Waals surface area contributed by atoms with Gasteiger partial charge in [0.15, 0.2) is 11.7 Å². The van der Waals surface area contributed by atoms with E-state index in [-0.39, 0.29) is 5.91 Å². The lowest BCUT2D eigenvalue weighted by molar-refractivity contribution is -0.122. The maximum Gasteiger partial charge on any atom is 0.220 e. The lowest BCUT2D eigenvalue weighted by Gasteiger charge is -2.32. The SMILES string of the molecule is CCCN1CCC(NC(=O)CCc2ncc(-c3ccccc3Cl)o2)CC1. The van der Waals surface area contributed by atoms with Crippen LogP contribution in [0.15, 0.2) is 34.9 Å². The van der Waals surface area contributed by atoms with Crippen LogP contribution in [0.5, 0.6) is 0 Å². The van der Waals surface area contributed by atoms with Gasteiger partial charge in [-0.1, -0.05) is 30.7 Å². The zero-order valence-corrected chi connectivity index (χ0v) is 16.0. The molecule has 0 saturated carbocycles. The number of carbonyl (C=O) groups excluding carboxylic acids is 1. The molecule has 1 aliphatic rings. The van der Waals surface area contributed by atoms with Crippen LogP contribution in [-0.2, 0) is 11.2 Å². The summed E-state index contributed by atoms with van der Waals surface area (Å²) in [5.41, 5.74) is 0.816. The van der Waals surface area contributed by atoms with Gasteiger partial charge in [0.1, 0.15) is 0 Å². The maximum atomic E-state index is 12.2. The Hall–Kier alpha value is -1.85. The highest BCUT2D eigenvalue weighted by molar-refractivity contribution is 6.33. The van der Waals surface area contributed by atoms with Gasteiger partial charge in [-0.2, -0.15) is 0 Å². The summed E-state index contributed by atoms with van der Waals surface area (Å²) in [6, 6.07) is 7.78. The molecular weight excluding hydrogens is 350 g/mol. The van der Waals surface area contributed by atoms with Crippen LogP contribution in [0, 0.1) is 0 Å². The fourth-order valence-corrected chi connectivity index (χ4v) is 3.58. The van der Waals surface area contributed by atoms with E-state index >= 15 is 0 Å². The third-order valence-electron chi connectivity index (χ3n) is 4.75. The van der Waals surface area contributed by atoms with Gasteiger partial charge < -0.3 is 14.6 Å². The summed E-state index contributed by atoms with van der Waals surface area (Å²) in [6.07, 6.45) is 5.78. The van der Waals surface area contributed by atoms with Gasteiger partial charge in [-0.25, -0.2) is 4.98 Å². The van der Waals surface area contributed by atoms with E-state index in [9.17, 15) is 4.79 Å². The average molecular weight is 376 g/mol. The third-order valence-corrected chi connectivity index (χ3v) is 5.08. The number of likely N-dealkylation sites (tertiary alicyclic amines) is 1. The molecular formula is C20H26ClN3O2. The highest BCUT2D eigenvalue weighted by Crippen LogP contribution is 2.28. The number of nitrogens with one attached hydrogen (secondary N) is 1. The first-order chi connectivity index (χ1) is 12.7. The second kappa shape index (κ2) is 9.19. The molecule has 1 amide bonds. The second-order valence-electron chi connectivity index (χ2n) is 6.78. The molecule has 0 bridgehead atoms. The van der Waals surface area contributed by atoms with Gasteiger partial charge in [0.25, 0.3) is 0 Å². The molecule has 140 valence electrons. The van der Waals surface area contributed by atoms with Crippen LogP contribution >= 0.6 is 11.6 Å². The summed E-state index contributed by atoms with van der Waals surface area (Å²) >= 11 is 6.18. The number of aromatic nitrogens is 1. The predicted molar refractivity (Wildman–Crippen MR) is 103 cm³/mol. The second-order valence-corrected chi connectivity index (χ2v) is 7.19.